The molecule has 0 aromatic heterocycles. The van der Waals surface area contributed by atoms with Crippen molar-refractivity contribution in [2.45, 2.75) is 0 Å². The van der Waals surface area contributed by atoms with Crippen LogP contribution >= 0.6 is 0 Å². The van der Waals surface area contributed by atoms with E-state index in [1.54, 1.807) is 0 Å². The van der Waals surface area contributed by atoms with Crippen molar-refractivity contribution in [2.75, 3.05) is 0 Å². The fourth-order valence-corrected chi connectivity index (χ4v) is 1.71. The highest BCUT2D eigenvalue weighted by atomic mass is 16.2. The van der Waals surface area contributed by atoms with Gasteiger partial charge in [0.15, 0.2) is 5.96 Å². The first-order valence-corrected chi connectivity index (χ1v) is 4.88. The van der Waals surface area contributed by atoms with Crippen molar-refractivity contribution in [1.82, 2.24) is 5.32 Å². The number of fused-ring (bicyclic) bond motifs is 1. The van der Waals surface area contributed by atoms with E-state index in [-0.39, 0.29) is 34.2 Å². The van der Waals surface area contributed by atoms with Crippen LogP contribution in [0.4, 0.5) is 5.69 Å². The van der Waals surface area contributed by atoms with Gasteiger partial charge in [-0.3, -0.25) is 20.3 Å². The zero-order valence-corrected chi connectivity index (χ0v) is 9.15. The maximum Gasteiger partial charge on any atom is 0.261 e. The molecule has 1 aliphatic rings. The van der Waals surface area contributed by atoms with Crippen molar-refractivity contribution in [2.24, 2.45) is 22.2 Å². The fourth-order valence-electron chi connectivity index (χ4n) is 1.71. The molecule has 8 nitrogen and oxygen atoms in total. The first-order valence-electron chi connectivity index (χ1n) is 4.88. The normalized spacial score (nSPS) is 12.9. The molecule has 18 heavy (non-hydrogen) atoms. The Morgan fingerprint density at radius 3 is 2.39 bits per heavy atom. The van der Waals surface area contributed by atoms with E-state index in [0.717, 1.165) is 0 Å². The molecule has 1 aromatic rings. The van der Waals surface area contributed by atoms with E-state index in [0.29, 0.717) is 0 Å². The number of nitrogens with one attached hydrogen (secondary N) is 2. The minimum atomic E-state index is -0.613. The third-order valence-corrected chi connectivity index (χ3v) is 2.41. The first-order chi connectivity index (χ1) is 8.41. The van der Waals surface area contributed by atoms with Gasteiger partial charge in [-0.05, 0) is 12.1 Å². The minimum Gasteiger partial charge on any atom is -0.384 e. The van der Waals surface area contributed by atoms with Crippen molar-refractivity contribution < 1.29 is 9.59 Å². The second-order valence-electron chi connectivity index (χ2n) is 3.62. The van der Waals surface area contributed by atoms with Crippen LogP contribution in [0.1, 0.15) is 26.3 Å². The monoisotopic (exact) mass is 246 g/mol. The lowest BCUT2D eigenvalue weighted by Gasteiger charge is -2.07. The third kappa shape index (κ3) is 1.65. The number of rotatable bonds is 2. The second-order valence-corrected chi connectivity index (χ2v) is 3.62. The van der Waals surface area contributed by atoms with Crippen molar-refractivity contribution in [1.29, 1.82) is 5.41 Å². The van der Waals surface area contributed by atoms with Gasteiger partial charge in [-0.25, -0.2) is 4.99 Å². The number of nitrogens with two attached hydrogens (primary N) is 3. The number of amidine groups is 1. The molecule has 2 amide bonds. The Bertz CT molecular complexity index is 615. The Morgan fingerprint density at radius 1 is 1.17 bits per heavy atom. The lowest BCUT2D eigenvalue weighted by Crippen LogP contribution is -2.23. The van der Waals surface area contributed by atoms with Gasteiger partial charge >= 0.3 is 0 Å². The van der Waals surface area contributed by atoms with Crippen LogP contribution in [-0.2, 0) is 0 Å². The summed E-state index contributed by atoms with van der Waals surface area (Å²) in [7, 11) is 0. The largest absolute Gasteiger partial charge is 0.384 e. The number of imide groups is 1. The van der Waals surface area contributed by atoms with E-state index in [2.05, 4.69) is 10.3 Å². The Morgan fingerprint density at radius 2 is 1.83 bits per heavy atom. The average molecular weight is 246 g/mol. The van der Waals surface area contributed by atoms with E-state index >= 15 is 0 Å². The zero-order valence-electron chi connectivity index (χ0n) is 9.15. The number of guanidine groups is 1. The SMILES string of the molecule is N=C(N)c1ccc2c(c1N=C(N)N)C(=O)NC2=O. The van der Waals surface area contributed by atoms with Crippen molar-refractivity contribution >= 4 is 29.3 Å². The van der Waals surface area contributed by atoms with Gasteiger partial charge < -0.3 is 17.2 Å². The van der Waals surface area contributed by atoms with Crippen LogP contribution < -0.4 is 22.5 Å². The number of carbonyl (C=O) groups is 2. The molecule has 0 unspecified atom stereocenters. The van der Waals surface area contributed by atoms with Crippen LogP contribution in [0.25, 0.3) is 0 Å². The van der Waals surface area contributed by atoms with E-state index in [9.17, 15) is 9.59 Å². The maximum absolute atomic E-state index is 11.7. The fraction of sp³-hybridized carbons (Fsp3) is 0. The summed E-state index contributed by atoms with van der Waals surface area (Å²) in [6.45, 7) is 0. The smallest absolute Gasteiger partial charge is 0.261 e. The number of nitrogens with zero attached hydrogens (tertiary/aromatic N) is 1. The Labute approximate surface area is 101 Å². The molecule has 0 atom stereocenters. The Balaban J connectivity index is 2.81. The minimum absolute atomic E-state index is 0.0288. The number of benzene rings is 1. The first kappa shape index (κ1) is 11.6. The quantitative estimate of drug-likeness (QED) is 0.250. The number of carbonyl (C=O) groups excluding carboxylic acids is 2. The summed E-state index contributed by atoms with van der Waals surface area (Å²) in [5.41, 5.74) is 16.3. The average Bonchev–Trinajstić information content (AvgIpc) is 2.54. The number of hydrogen-bond donors (Lipinski definition) is 5. The van der Waals surface area contributed by atoms with E-state index < -0.39 is 11.8 Å². The molecule has 8 N–H and O–H groups in total. The predicted octanol–water partition coefficient (Wildman–Crippen LogP) is -1.24. The molecule has 0 aliphatic carbocycles. The van der Waals surface area contributed by atoms with Gasteiger partial charge in [-0.1, -0.05) is 0 Å². The summed E-state index contributed by atoms with van der Waals surface area (Å²) in [6, 6.07) is 2.82. The molecule has 1 aromatic carbocycles. The number of aliphatic imine (C=N–C) groups is 1. The highest BCUT2D eigenvalue weighted by Crippen LogP contribution is 2.30. The number of nitrogen functional groups attached to an aromatic ring is 1. The third-order valence-electron chi connectivity index (χ3n) is 2.41. The molecule has 0 spiro atoms. The Hall–Kier alpha value is -2.90. The summed E-state index contributed by atoms with van der Waals surface area (Å²) >= 11 is 0. The summed E-state index contributed by atoms with van der Waals surface area (Å²) in [5, 5.41) is 9.53. The molecular weight excluding hydrogens is 236 g/mol. The summed E-state index contributed by atoms with van der Waals surface area (Å²) in [5.74, 6) is -1.74. The van der Waals surface area contributed by atoms with Crippen LogP contribution in [0.3, 0.4) is 0 Å². The topological polar surface area (TPSA) is 160 Å². The van der Waals surface area contributed by atoms with Crippen LogP contribution in [0.5, 0.6) is 0 Å². The van der Waals surface area contributed by atoms with Crippen LogP contribution in [0.2, 0.25) is 0 Å². The molecule has 1 aliphatic heterocycles. The maximum atomic E-state index is 11.7. The van der Waals surface area contributed by atoms with Gasteiger partial charge in [-0.2, -0.15) is 0 Å². The summed E-state index contributed by atoms with van der Waals surface area (Å²) < 4.78 is 0. The highest BCUT2D eigenvalue weighted by Gasteiger charge is 2.31. The Kier molecular flexibility index (Phi) is 2.47. The van der Waals surface area contributed by atoms with Crippen molar-refractivity contribution in [3.63, 3.8) is 0 Å². The standard InChI is InChI=1S/C10H10N6O2/c11-7(12)4-2-1-3-5(6(4)15-10(13)14)9(18)16-8(3)17/h1-2H,(H3,11,12)(H4,13,14,15)(H,16,17,18). The lowest BCUT2D eigenvalue weighted by atomic mass is 10.0. The molecule has 92 valence electrons. The molecule has 0 bridgehead atoms. The van der Waals surface area contributed by atoms with Crippen LogP contribution in [-0.4, -0.2) is 23.6 Å². The molecule has 1 heterocycles. The van der Waals surface area contributed by atoms with Gasteiger partial charge in [0.05, 0.1) is 16.8 Å². The van der Waals surface area contributed by atoms with Crippen LogP contribution in [0.15, 0.2) is 17.1 Å². The van der Waals surface area contributed by atoms with E-state index in [1.807, 2.05) is 0 Å². The number of hydrogen-bond acceptors (Lipinski definition) is 4. The second kappa shape index (κ2) is 3.84. The molecule has 0 fully saturated rings. The van der Waals surface area contributed by atoms with Crippen LogP contribution in [0, 0.1) is 5.41 Å². The molecule has 2 rings (SSSR count). The molecule has 0 saturated carbocycles. The van der Waals surface area contributed by atoms with E-state index in [4.69, 9.17) is 22.6 Å². The van der Waals surface area contributed by atoms with Gasteiger partial charge in [0, 0.05) is 5.56 Å². The molecule has 8 heteroatoms. The highest BCUT2D eigenvalue weighted by molar-refractivity contribution is 6.25. The summed E-state index contributed by atoms with van der Waals surface area (Å²) in [4.78, 5) is 26.9. The lowest BCUT2D eigenvalue weighted by molar-refractivity contribution is 0.0880. The number of amides is 2. The van der Waals surface area contributed by atoms with Gasteiger partial charge in [0.1, 0.15) is 5.84 Å². The van der Waals surface area contributed by atoms with Crippen molar-refractivity contribution in [3.8, 4) is 0 Å². The molecule has 0 radical (unpaired) electrons. The van der Waals surface area contributed by atoms with Gasteiger partial charge in [-0.15, -0.1) is 0 Å². The predicted molar refractivity (Wildman–Crippen MR) is 64.7 cm³/mol. The summed E-state index contributed by atoms with van der Waals surface area (Å²) in [6.07, 6.45) is 0. The van der Waals surface area contributed by atoms with Gasteiger partial charge in [0.25, 0.3) is 11.8 Å². The molecule has 0 saturated heterocycles. The zero-order chi connectivity index (χ0) is 13.4. The van der Waals surface area contributed by atoms with Crippen molar-refractivity contribution in [3.05, 3.63) is 28.8 Å². The van der Waals surface area contributed by atoms with Gasteiger partial charge in [0.2, 0.25) is 0 Å². The molecular formula is C10H10N6O2. The van der Waals surface area contributed by atoms with E-state index in [1.165, 1.54) is 12.1 Å².